The molecular weight excluding hydrogens is 300 g/mol. The quantitative estimate of drug-likeness (QED) is 0.844. The minimum Gasteiger partial charge on any atom is -0.480 e. The maximum atomic E-state index is 10.9. The number of carboxylic acids is 1. The van der Waals surface area contributed by atoms with Crippen molar-refractivity contribution in [2.24, 2.45) is 0 Å². The van der Waals surface area contributed by atoms with E-state index in [0.717, 1.165) is 37.3 Å². The lowest BCUT2D eigenvalue weighted by molar-refractivity contribution is -0.139. The minimum atomic E-state index is -0.735. The number of likely N-dealkylation sites (N-methyl/N-ethyl adjacent to an activating group) is 1. The third-order valence-electron chi connectivity index (χ3n) is 4.95. The Hall–Kier alpha value is -1.10. The zero-order valence-electron chi connectivity index (χ0n) is 12.9. The van der Waals surface area contributed by atoms with Crippen molar-refractivity contribution >= 4 is 17.6 Å². The minimum absolute atomic E-state index is 0.154. The number of nitrogens with zero attached hydrogens (tertiary/aromatic N) is 1. The summed E-state index contributed by atoms with van der Waals surface area (Å²) in [6, 6.07) is 7.60. The molecule has 0 spiro atoms. The van der Waals surface area contributed by atoms with Gasteiger partial charge in [-0.05, 0) is 55.5 Å². The second kappa shape index (κ2) is 6.57. The Morgan fingerprint density at radius 2 is 2.05 bits per heavy atom. The van der Waals surface area contributed by atoms with Gasteiger partial charge in [0.2, 0.25) is 0 Å². The molecule has 1 unspecified atom stereocenters. The third-order valence-corrected chi connectivity index (χ3v) is 5.18. The number of fused-ring (bicyclic) bond motifs is 1. The van der Waals surface area contributed by atoms with E-state index in [9.17, 15) is 4.79 Å². The van der Waals surface area contributed by atoms with Gasteiger partial charge in [-0.1, -0.05) is 24.6 Å². The van der Waals surface area contributed by atoms with Gasteiger partial charge in [0.05, 0.1) is 6.54 Å². The van der Waals surface area contributed by atoms with Gasteiger partial charge in [-0.25, -0.2) is 0 Å². The Labute approximate surface area is 136 Å². The molecule has 0 aliphatic heterocycles. The summed E-state index contributed by atoms with van der Waals surface area (Å²) in [4.78, 5) is 12.9. The topological polar surface area (TPSA) is 52.6 Å². The number of carboxylic acid groups (broad SMARTS) is 1. The average Bonchev–Trinajstić information content (AvgIpc) is 2.81. The van der Waals surface area contributed by atoms with Crippen molar-refractivity contribution in [3.05, 3.63) is 34.3 Å². The van der Waals surface area contributed by atoms with Crippen LogP contribution in [0.1, 0.15) is 30.9 Å². The van der Waals surface area contributed by atoms with Gasteiger partial charge < -0.3 is 10.4 Å². The molecule has 0 bridgehead atoms. The summed E-state index contributed by atoms with van der Waals surface area (Å²) < 4.78 is 0. The first kappa shape index (κ1) is 15.8. The smallest absolute Gasteiger partial charge is 0.317 e. The summed E-state index contributed by atoms with van der Waals surface area (Å²) in [6.07, 6.45) is 4.22. The molecule has 2 aliphatic rings. The van der Waals surface area contributed by atoms with Crippen LogP contribution in [-0.4, -0.2) is 47.2 Å². The Bertz CT molecular complexity index is 558. The molecule has 1 fully saturated rings. The number of halogens is 1. The summed E-state index contributed by atoms with van der Waals surface area (Å²) in [5, 5.41) is 13.5. The molecule has 4 nitrogen and oxygen atoms in total. The van der Waals surface area contributed by atoms with Gasteiger partial charge >= 0.3 is 5.97 Å². The first-order valence-electron chi connectivity index (χ1n) is 8.04. The van der Waals surface area contributed by atoms with E-state index in [2.05, 4.69) is 22.3 Å². The van der Waals surface area contributed by atoms with Crippen LogP contribution in [-0.2, 0) is 17.6 Å². The fourth-order valence-corrected chi connectivity index (χ4v) is 3.93. The van der Waals surface area contributed by atoms with E-state index in [-0.39, 0.29) is 6.54 Å². The molecule has 2 N–H and O–H groups in total. The van der Waals surface area contributed by atoms with Crippen LogP contribution < -0.4 is 5.32 Å². The highest BCUT2D eigenvalue weighted by atomic mass is 35.5. The predicted octanol–water partition coefficient (Wildman–Crippen LogP) is 2.33. The van der Waals surface area contributed by atoms with Crippen molar-refractivity contribution in [3.8, 4) is 0 Å². The number of hydrogen-bond donors (Lipinski definition) is 2. The molecule has 1 saturated carbocycles. The van der Waals surface area contributed by atoms with Crippen LogP contribution in [0.2, 0.25) is 5.02 Å². The van der Waals surface area contributed by atoms with Gasteiger partial charge in [-0.3, -0.25) is 9.69 Å². The second-order valence-electron chi connectivity index (χ2n) is 6.46. The van der Waals surface area contributed by atoms with Crippen LogP contribution in [0, 0.1) is 0 Å². The van der Waals surface area contributed by atoms with Crippen LogP contribution in [0.25, 0.3) is 0 Å². The fourth-order valence-electron chi connectivity index (χ4n) is 3.73. The molecule has 0 heterocycles. The molecule has 5 heteroatoms. The van der Waals surface area contributed by atoms with Gasteiger partial charge in [0, 0.05) is 23.1 Å². The Morgan fingerprint density at radius 1 is 1.32 bits per heavy atom. The number of nitrogens with one attached hydrogen (secondary N) is 1. The van der Waals surface area contributed by atoms with Crippen LogP contribution >= 0.6 is 11.6 Å². The summed E-state index contributed by atoms with van der Waals surface area (Å²) in [6.45, 7) is 2.99. The Kier molecular flexibility index (Phi) is 4.71. The molecule has 1 aromatic carbocycles. The molecular formula is C17H23ClN2O2. The van der Waals surface area contributed by atoms with E-state index in [0.29, 0.717) is 18.1 Å². The Balaban J connectivity index is 1.46. The van der Waals surface area contributed by atoms with E-state index in [1.54, 1.807) is 0 Å². The summed E-state index contributed by atoms with van der Waals surface area (Å²) in [5.74, 6) is -0.735. The lowest BCUT2D eigenvalue weighted by Gasteiger charge is -2.43. The summed E-state index contributed by atoms with van der Waals surface area (Å²) in [7, 11) is 0. The predicted molar refractivity (Wildman–Crippen MR) is 87.5 cm³/mol. The molecule has 3 rings (SSSR count). The van der Waals surface area contributed by atoms with Crippen molar-refractivity contribution in [2.45, 2.75) is 50.7 Å². The lowest BCUT2D eigenvalue weighted by atomic mass is 9.84. The van der Waals surface area contributed by atoms with E-state index >= 15 is 0 Å². The molecule has 1 atom stereocenters. The van der Waals surface area contributed by atoms with Crippen LogP contribution in [0.3, 0.4) is 0 Å². The van der Waals surface area contributed by atoms with E-state index in [1.165, 1.54) is 11.1 Å². The van der Waals surface area contributed by atoms with Crippen LogP contribution in [0.4, 0.5) is 0 Å². The molecule has 0 saturated heterocycles. The van der Waals surface area contributed by atoms with Gasteiger partial charge in [0.15, 0.2) is 0 Å². The normalized spacial score (nSPS) is 26.8. The molecule has 0 amide bonds. The van der Waals surface area contributed by atoms with Crippen molar-refractivity contribution in [3.63, 3.8) is 0 Å². The molecule has 2 aliphatic carbocycles. The first-order valence-corrected chi connectivity index (χ1v) is 8.42. The first-order chi connectivity index (χ1) is 10.5. The maximum Gasteiger partial charge on any atom is 0.317 e. The van der Waals surface area contributed by atoms with Crippen LogP contribution in [0.15, 0.2) is 18.2 Å². The average molecular weight is 323 g/mol. The number of hydrogen-bond acceptors (Lipinski definition) is 3. The van der Waals surface area contributed by atoms with Gasteiger partial charge in [0.25, 0.3) is 0 Å². The largest absolute Gasteiger partial charge is 0.480 e. The van der Waals surface area contributed by atoms with Gasteiger partial charge in [-0.15, -0.1) is 0 Å². The second-order valence-corrected chi connectivity index (χ2v) is 6.90. The highest BCUT2D eigenvalue weighted by Crippen LogP contribution is 2.30. The zero-order chi connectivity index (χ0) is 15.7. The number of rotatable bonds is 6. The standard InChI is InChI=1S/C17H23ClN2O2/c1-2-20(10-17(21)22)16-8-15(9-16)19-14-6-11-3-4-13(18)5-12(11)7-14/h3-5,14-16,19H,2,6-10H2,1H3,(H,21,22). The van der Waals surface area contributed by atoms with Crippen molar-refractivity contribution in [1.82, 2.24) is 10.2 Å². The molecule has 22 heavy (non-hydrogen) atoms. The number of benzene rings is 1. The third kappa shape index (κ3) is 3.45. The van der Waals surface area contributed by atoms with E-state index < -0.39 is 5.97 Å². The highest BCUT2D eigenvalue weighted by molar-refractivity contribution is 6.30. The SMILES string of the molecule is CCN(CC(=O)O)C1CC(NC2Cc3ccc(Cl)cc3C2)C1. The van der Waals surface area contributed by atoms with Crippen molar-refractivity contribution < 1.29 is 9.90 Å². The molecule has 0 radical (unpaired) electrons. The highest BCUT2D eigenvalue weighted by Gasteiger charge is 2.35. The van der Waals surface area contributed by atoms with Gasteiger partial charge in [-0.2, -0.15) is 0 Å². The van der Waals surface area contributed by atoms with Gasteiger partial charge in [0.1, 0.15) is 0 Å². The Morgan fingerprint density at radius 3 is 2.73 bits per heavy atom. The monoisotopic (exact) mass is 322 g/mol. The zero-order valence-corrected chi connectivity index (χ0v) is 13.6. The summed E-state index contributed by atoms with van der Waals surface area (Å²) >= 11 is 6.05. The van der Waals surface area contributed by atoms with Crippen LogP contribution in [0.5, 0.6) is 0 Å². The molecule has 1 aromatic rings. The number of carbonyl (C=O) groups is 1. The summed E-state index contributed by atoms with van der Waals surface area (Å²) in [5.41, 5.74) is 2.76. The fraction of sp³-hybridized carbons (Fsp3) is 0.588. The van der Waals surface area contributed by atoms with E-state index in [1.807, 2.05) is 13.0 Å². The van der Waals surface area contributed by atoms with Crippen molar-refractivity contribution in [2.75, 3.05) is 13.1 Å². The molecule has 120 valence electrons. The maximum absolute atomic E-state index is 10.9. The lowest BCUT2D eigenvalue weighted by Crippen LogP contribution is -2.55. The van der Waals surface area contributed by atoms with E-state index in [4.69, 9.17) is 16.7 Å². The number of aliphatic carboxylic acids is 1. The van der Waals surface area contributed by atoms with Crippen molar-refractivity contribution in [1.29, 1.82) is 0 Å². The molecule has 0 aromatic heterocycles.